The van der Waals surface area contributed by atoms with E-state index in [1.165, 1.54) is 51.4 Å². The number of ether oxygens (including phenoxy) is 1. The van der Waals surface area contributed by atoms with Crippen molar-refractivity contribution in [1.82, 2.24) is 5.32 Å². The molecule has 0 amide bonds. The van der Waals surface area contributed by atoms with Gasteiger partial charge in [0.15, 0.2) is 0 Å². The van der Waals surface area contributed by atoms with Gasteiger partial charge >= 0.3 is 0 Å². The molecule has 0 aliphatic heterocycles. The zero-order valence-corrected chi connectivity index (χ0v) is 13.4. The van der Waals surface area contributed by atoms with E-state index in [2.05, 4.69) is 19.2 Å². The molecule has 0 saturated heterocycles. The molecular formula is C17H33NO2. The minimum Gasteiger partial charge on any atom is -0.389 e. The summed E-state index contributed by atoms with van der Waals surface area (Å²) in [4.78, 5) is 0. The molecule has 2 aliphatic rings. The average molecular weight is 283 g/mol. The highest BCUT2D eigenvalue weighted by Crippen LogP contribution is 2.28. The maximum atomic E-state index is 10.1. The third-order valence-electron chi connectivity index (χ3n) is 5.13. The molecule has 0 radical (unpaired) electrons. The number of β-amino-alcohol motifs (C(OH)–C–C–N with tert-alkyl or cyclic N) is 1. The van der Waals surface area contributed by atoms with Crippen LogP contribution in [0.4, 0.5) is 0 Å². The van der Waals surface area contributed by atoms with Crippen LogP contribution in [0.3, 0.4) is 0 Å². The molecular weight excluding hydrogens is 250 g/mol. The van der Waals surface area contributed by atoms with Crippen molar-refractivity contribution in [3.8, 4) is 0 Å². The van der Waals surface area contributed by atoms with Gasteiger partial charge in [-0.2, -0.15) is 0 Å². The zero-order chi connectivity index (χ0) is 14.4. The van der Waals surface area contributed by atoms with E-state index in [1.54, 1.807) is 0 Å². The van der Waals surface area contributed by atoms with Gasteiger partial charge in [0.1, 0.15) is 0 Å². The smallest absolute Gasteiger partial charge is 0.0898 e. The molecule has 0 bridgehead atoms. The number of hydrogen-bond acceptors (Lipinski definition) is 3. The van der Waals surface area contributed by atoms with Gasteiger partial charge in [-0.25, -0.2) is 0 Å². The fraction of sp³-hybridized carbons (Fsp3) is 1.00. The lowest BCUT2D eigenvalue weighted by molar-refractivity contribution is -0.0326. The lowest BCUT2D eigenvalue weighted by atomic mass is 9.83. The molecule has 0 aromatic rings. The maximum Gasteiger partial charge on any atom is 0.0898 e. The number of rotatable bonds is 6. The van der Waals surface area contributed by atoms with Crippen LogP contribution in [-0.2, 0) is 4.74 Å². The number of hydrogen-bond donors (Lipinski definition) is 2. The quantitative estimate of drug-likeness (QED) is 0.786. The Bertz CT molecular complexity index is 276. The summed E-state index contributed by atoms with van der Waals surface area (Å²) in [6, 6.07) is 0. The van der Waals surface area contributed by atoms with E-state index in [1.807, 2.05) is 0 Å². The van der Waals surface area contributed by atoms with Gasteiger partial charge in [0.2, 0.25) is 0 Å². The Balaban J connectivity index is 1.61. The first-order valence-corrected chi connectivity index (χ1v) is 8.62. The highest BCUT2D eigenvalue weighted by molar-refractivity contribution is 4.86. The number of aliphatic hydroxyl groups excluding tert-OH is 1. The van der Waals surface area contributed by atoms with Crippen molar-refractivity contribution in [2.24, 2.45) is 5.92 Å². The fourth-order valence-electron chi connectivity index (χ4n) is 3.71. The van der Waals surface area contributed by atoms with E-state index in [0.29, 0.717) is 19.3 Å². The lowest BCUT2D eigenvalue weighted by Gasteiger charge is -2.35. The van der Waals surface area contributed by atoms with Crippen molar-refractivity contribution in [3.63, 3.8) is 0 Å². The Labute approximate surface area is 124 Å². The van der Waals surface area contributed by atoms with E-state index in [0.717, 1.165) is 12.3 Å². The summed E-state index contributed by atoms with van der Waals surface area (Å²) < 4.78 is 5.90. The predicted molar refractivity (Wildman–Crippen MR) is 82.9 cm³/mol. The summed E-state index contributed by atoms with van der Waals surface area (Å²) in [6.07, 6.45) is 11.4. The number of aliphatic hydroxyl groups is 1. The molecule has 2 N–H and O–H groups in total. The molecule has 0 heterocycles. The van der Waals surface area contributed by atoms with E-state index < -0.39 is 0 Å². The molecule has 3 unspecified atom stereocenters. The highest BCUT2D eigenvalue weighted by Gasteiger charge is 2.27. The summed E-state index contributed by atoms with van der Waals surface area (Å²) in [5.74, 6) is 0.783. The number of nitrogens with one attached hydrogen (secondary N) is 1. The average Bonchev–Trinajstić information content (AvgIpc) is 2.44. The maximum absolute atomic E-state index is 10.1. The van der Waals surface area contributed by atoms with Gasteiger partial charge < -0.3 is 15.2 Å². The van der Waals surface area contributed by atoms with Crippen molar-refractivity contribution in [1.29, 1.82) is 0 Å². The third-order valence-corrected chi connectivity index (χ3v) is 5.13. The highest BCUT2D eigenvalue weighted by atomic mass is 16.5. The molecule has 3 atom stereocenters. The Morgan fingerprint density at radius 1 is 1.20 bits per heavy atom. The van der Waals surface area contributed by atoms with Gasteiger partial charge in [0.05, 0.1) is 18.8 Å². The second kappa shape index (κ2) is 7.77. The van der Waals surface area contributed by atoms with Gasteiger partial charge in [0, 0.05) is 12.1 Å². The van der Waals surface area contributed by atoms with Crippen molar-refractivity contribution < 1.29 is 9.84 Å². The van der Waals surface area contributed by atoms with Crippen LogP contribution in [0.15, 0.2) is 0 Å². The van der Waals surface area contributed by atoms with E-state index >= 15 is 0 Å². The fourth-order valence-corrected chi connectivity index (χ4v) is 3.71. The molecule has 0 aromatic heterocycles. The topological polar surface area (TPSA) is 41.5 Å². The van der Waals surface area contributed by atoms with Crippen molar-refractivity contribution in [2.45, 2.75) is 89.4 Å². The first kappa shape index (κ1) is 16.3. The lowest BCUT2D eigenvalue weighted by Crippen LogP contribution is -2.48. The van der Waals surface area contributed by atoms with Gasteiger partial charge in [0.25, 0.3) is 0 Å². The summed E-state index contributed by atoms with van der Waals surface area (Å²) in [7, 11) is 0. The molecule has 20 heavy (non-hydrogen) atoms. The molecule has 2 fully saturated rings. The second-order valence-electron chi connectivity index (χ2n) is 7.38. The summed E-state index contributed by atoms with van der Waals surface area (Å²) >= 11 is 0. The first-order chi connectivity index (χ1) is 9.57. The van der Waals surface area contributed by atoms with Crippen LogP contribution >= 0.6 is 0 Å². The molecule has 118 valence electrons. The largest absolute Gasteiger partial charge is 0.389 e. The van der Waals surface area contributed by atoms with Crippen LogP contribution in [0.5, 0.6) is 0 Å². The van der Waals surface area contributed by atoms with Gasteiger partial charge in [-0.05, 0) is 38.5 Å². The van der Waals surface area contributed by atoms with Crippen molar-refractivity contribution in [2.75, 3.05) is 13.2 Å². The Morgan fingerprint density at radius 3 is 2.65 bits per heavy atom. The van der Waals surface area contributed by atoms with Crippen molar-refractivity contribution >= 4 is 0 Å². The van der Waals surface area contributed by atoms with Crippen LogP contribution in [0.1, 0.15) is 71.6 Å². The van der Waals surface area contributed by atoms with E-state index in [4.69, 9.17) is 4.74 Å². The third kappa shape index (κ3) is 5.34. The second-order valence-corrected chi connectivity index (χ2v) is 7.38. The van der Waals surface area contributed by atoms with Crippen LogP contribution in [-0.4, -0.2) is 36.0 Å². The Morgan fingerprint density at radius 2 is 1.95 bits per heavy atom. The normalized spacial score (nSPS) is 31.9. The van der Waals surface area contributed by atoms with Crippen LogP contribution in [0.25, 0.3) is 0 Å². The molecule has 3 nitrogen and oxygen atoms in total. The zero-order valence-electron chi connectivity index (χ0n) is 13.4. The summed E-state index contributed by atoms with van der Waals surface area (Å²) in [6.45, 7) is 5.75. The van der Waals surface area contributed by atoms with E-state index in [-0.39, 0.29) is 11.6 Å². The molecule has 2 rings (SSSR count). The van der Waals surface area contributed by atoms with Crippen LogP contribution in [0.2, 0.25) is 0 Å². The predicted octanol–water partition coefficient (Wildman–Crippen LogP) is 3.26. The Hall–Kier alpha value is -0.120. The van der Waals surface area contributed by atoms with Crippen LogP contribution < -0.4 is 5.32 Å². The first-order valence-electron chi connectivity index (χ1n) is 8.62. The van der Waals surface area contributed by atoms with Crippen molar-refractivity contribution in [3.05, 3.63) is 0 Å². The molecule has 0 aromatic carbocycles. The minimum atomic E-state index is -0.369. The van der Waals surface area contributed by atoms with E-state index in [9.17, 15) is 5.11 Å². The van der Waals surface area contributed by atoms with Gasteiger partial charge in [-0.3, -0.25) is 0 Å². The monoisotopic (exact) mass is 283 g/mol. The molecule has 2 aliphatic carbocycles. The molecule has 2 saturated carbocycles. The van der Waals surface area contributed by atoms with Gasteiger partial charge in [-0.1, -0.05) is 39.0 Å². The summed E-state index contributed by atoms with van der Waals surface area (Å²) in [5, 5.41) is 13.7. The van der Waals surface area contributed by atoms with Crippen LogP contribution in [0, 0.1) is 5.92 Å². The standard InChI is InChI=1S/C17H33NO2/c1-14-7-6-8-16(11-14)20-13-15(19)12-18-17(2)9-4-3-5-10-17/h14-16,18-19H,3-13H2,1-2H3. The summed E-state index contributed by atoms with van der Waals surface area (Å²) in [5.41, 5.74) is 0.235. The van der Waals surface area contributed by atoms with Gasteiger partial charge in [-0.15, -0.1) is 0 Å². The molecule has 3 heteroatoms. The SMILES string of the molecule is CC1CCCC(OCC(O)CNC2(C)CCCCC2)C1. The minimum absolute atomic E-state index is 0.235. The Kier molecular flexibility index (Phi) is 6.31. The molecule has 0 spiro atoms.